The van der Waals surface area contributed by atoms with Crippen LogP contribution in [0.4, 0.5) is 18.9 Å². The maximum atomic E-state index is 13.6. The fourth-order valence-corrected chi connectivity index (χ4v) is 3.57. The number of hydrogen-bond donors (Lipinski definition) is 2. The number of aryl methyl sites for hydroxylation is 2. The molecule has 2 heterocycles. The van der Waals surface area contributed by atoms with Crippen molar-refractivity contribution in [3.8, 4) is 22.5 Å². The lowest BCUT2D eigenvalue weighted by atomic mass is 10.00. The summed E-state index contributed by atoms with van der Waals surface area (Å²) in [7, 11) is 1.59. The lowest BCUT2D eigenvalue weighted by Gasteiger charge is -2.16. The summed E-state index contributed by atoms with van der Waals surface area (Å²) in [6.45, 7) is 1.19. The average Bonchev–Trinajstić information content (AvgIpc) is 3.25. The van der Waals surface area contributed by atoms with E-state index in [0.29, 0.717) is 17.1 Å². The number of aromatic nitrogens is 4. The molecule has 10 heteroatoms. The van der Waals surface area contributed by atoms with Gasteiger partial charge in [0.05, 0.1) is 34.9 Å². The molecule has 0 saturated heterocycles. The Labute approximate surface area is 192 Å². The molecule has 0 unspecified atom stereocenters. The van der Waals surface area contributed by atoms with Gasteiger partial charge in [-0.3, -0.25) is 9.48 Å². The van der Waals surface area contributed by atoms with E-state index in [2.05, 4.69) is 20.4 Å². The molecular weight excluding hydrogens is 447 g/mol. The summed E-state index contributed by atoms with van der Waals surface area (Å²) in [5.41, 5.74) is 0.400. The molecule has 0 aliphatic carbocycles. The van der Waals surface area contributed by atoms with Crippen molar-refractivity contribution in [1.29, 1.82) is 0 Å². The number of nitrogens with one attached hydrogen (secondary N) is 1. The first kappa shape index (κ1) is 23.1. The van der Waals surface area contributed by atoms with Crippen LogP contribution >= 0.6 is 0 Å². The van der Waals surface area contributed by atoms with E-state index in [4.69, 9.17) is 0 Å². The summed E-state index contributed by atoms with van der Waals surface area (Å²) in [4.78, 5) is 21.8. The lowest BCUT2D eigenvalue weighted by Crippen LogP contribution is -2.17. The molecule has 174 valence electrons. The van der Waals surface area contributed by atoms with Crippen molar-refractivity contribution < 1.29 is 23.1 Å². The minimum Gasteiger partial charge on any atom is -0.390 e. The van der Waals surface area contributed by atoms with Gasteiger partial charge in [0.2, 0.25) is 0 Å². The number of hydrogen-bond acceptors (Lipinski definition) is 5. The number of halogens is 3. The molecule has 0 saturated carbocycles. The number of carbonyl (C=O) groups is 1. The van der Waals surface area contributed by atoms with Gasteiger partial charge in [-0.25, -0.2) is 9.97 Å². The zero-order valence-corrected chi connectivity index (χ0v) is 18.3. The van der Waals surface area contributed by atoms with Crippen LogP contribution in [0.3, 0.4) is 0 Å². The fourth-order valence-electron chi connectivity index (χ4n) is 3.57. The summed E-state index contributed by atoms with van der Waals surface area (Å²) < 4.78 is 42.2. The number of carbonyl (C=O) groups excluding carboxylic acids is 1. The van der Waals surface area contributed by atoms with Gasteiger partial charge in [0, 0.05) is 29.9 Å². The second kappa shape index (κ2) is 9.06. The van der Waals surface area contributed by atoms with Gasteiger partial charge in [0.25, 0.3) is 5.91 Å². The van der Waals surface area contributed by atoms with Crippen LogP contribution in [0.25, 0.3) is 22.5 Å². The standard InChI is InChI=1S/C24H20F3N5O2/c1-14-28-20(13-33)22(21(29-14)15-6-4-3-5-7-15)30-23(34)16-8-9-18(24(25,26)27)17(12-16)19-10-11-32(2)31-19/h3-12,33H,13H2,1-2H3,(H,30,34). The summed E-state index contributed by atoms with van der Waals surface area (Å²) in [6, 6.07) is 13.5. The van der Waals surface area contributed by atoms with Crippen molar-refractivity contribution in [1.82, 2.24) is 19.7 Å². The normalized spacial score (nSPS) is 11.5. The predicted octanol–water partition coefficient (Wildman–Crippen LogP) is 4.62. The number of aliphatic hydroxyl groups is 1. The first-order chi connectivity index (χ1) is 16.2. The third-order valence-electron chi connectivity index (χ3n) is 5.11. The summed E-state index contributed by atoms with van der Waals surface area (Å²) in [6.07, 6.45) is -3.11. The fraction of sp³-hybridized carbons (Fsp3) is 0.167. The Morgan fingerprint density at radius 1 is 1.09 bits per heavy atom. The monoisotopic (exact) mass is 467 g/mol. The predicted molar refractivity (Wildman–Crippen MR) is 120 cm³/mol. The Kier molecular flexibility index (Phi) is 6.16. The first-order valence-corrected chi connectivity index (χ1v) is 10.2. The zero-order chi connectivity index (χ0) is 24.5. The van der Waals surface area contributed by atoms with Crippen LogP contribution in [0.1, 0.15) is 27.4 Å². The molecule has 4 rings (SSSR count). The minimum absolute atomic E-state index is 0.0165. The van der Waals surface area contributed by atoms with E-state index in [9.17, 15) is 23.1 Å². The number of nitrogens with zero attached hydrogens (tertiary/aromatic N) is 4. The Morgan fingerprint density at radius 2 is 1.82 bits per heavy atom. The molecule has 0 fully saturated rings. The van der Waals surface area contributed by atoms with Crippen molar-refractivity contribution in [2.45, 2.75) is 19.7 Å². The quantitative estimate of drug-likeness (QED) is 0.447. The second-order valence-corrected chi connectivity index (χ2v) is 7.55. The Hall–Kier alpha value is -4.05. The van der Waals surface area contributed by atoms with Gasteiger partial charge in [-0.1, -0.05) is 30.3 Å². The van der Waals surface area contributed by atoms with Crippen LogP contribution in [-0.2, 0) is 19.8 Å². The van der Waals surface area contributed by atoms with Crippen LogP contribution in [0.2, 0.25) is 0 Å². The summed E-state index contributed by atoms with van der Waals surface area (Å²) in [5.74, 6) is -0.280. The molecule has 2 N–H and O–H groups in total. The topological polar surface area (TPSA) is 92.9 Å². The van der Waals surface area contributed by atoms with Crippen molar-refractivity contribution in [2.24, 2.45) is 7.05 Å². The van der Waals surface area contributed by atoms with Gasteiger partial charge in [0.1, 0.15) is 5.82 Å². The zero-order valence-electron chi connectivity index (χ0n) is 18.3. The average molecular weight is 467 g/mol. The van der Waals surface area contributed by atoms with Gasteiger partial charge in [-0.15, -0.1) is 0 Å². The van der Waals surface area contributed by atoms with E-state index in [-0.39, 0.29) is 28.2 Å². The van der Waals surface area contributed by atoms with Crippen molar-refractivity contribution in [3.63, 3.8) is 0 Å². The highest BCUT2D eigenvalue weighted by Crippen LogP contribution is 2.37. The van der Waals surface area contributed by atoms with Gasteiger partial charge in [-0.05, 0) is 31.2 Å². The number of anilines is 1. The van der Waals surface area contributed by atoms with Gasteiger partial charge in [-0.2, -0.15) is 18.3 Å². The smallest absolute Gasteiger partial charge is 0.390 e. The number of amides is 1. The lowest BCUT2D eigenvalue weighted by molar-refractivity contribution is -0.137. The van der Waals surface area contributed by atoms with Gasteiger partial charge < -0.3 is 10.4 Å². The van der Waals surface area contributed by atoms with E-state index < -0.39 is 24.3 Å². The summed E-state index contributed by atoms with van der Waals surface area (Å²) in [5, 5.41) is 16.6. The van der Waals surface area contributed by atoms with Crippen molar-refractivity contribution >= 4 is 11.6 Å². The molecule has 0 aliphatic heterocycles. The van der Waals surface area contributed by atoms with E-state index in [0.717, 1.165) is 18.2 Å². The van der Waals surface area contributed by atoms with E-state index in [1.165, 1.54) is 16.9 Å². The third kappa shape index (κ3) is 4.67. The minimum atomic E-state index is -4.63. The molecule has 2 aromatic carbocycles. The molecule has 0 spiro atoms. The number of benzene rings is 2. The highest BCUT2D eigenvalue weighted by atomic mass is 19.4. The molecule has 2 aromatic heterocycles. The molecule has 0 radical (unpaired) electrons. The Morgan fingerprint density at radius 3 is 2.44 bits per heavy atom. The molecule has 0 bridgehead atoms. The van der Waals surface area contributed by atoms with Crippen LogP contribution < -0.4 is 5.32 Å². The molecule has 1 amide bonds. The largest absolute Gasteiger partial charge is 0.417 e. The molecule has 4 aromatic rings. The number of alkyl halides is 3. The van der Waals surface area contributed by atoms with Crippen LogP contribution in [-0.4, -0.2) is 30.8 Å². The number of rotatable bonds is 5. The van der Waals surface area contributed by atoms with Crippen LogP contribution in [0, 0.1) is 6.92 Å². The highest BCUT2D eigenvalue weighted by molar-refractivity contribution is 6.07. The van der Waals surface area contributed by atoms with E-state index in [1.807, 2.05) is 6.07 Å². The second-order valence-electron chi connectivity index (χ2n) is 7.55. The van der Waals surface area contributed by atoms with Crippen molar-refractivity contribution in [2.75, 3.05) is 5.32 Å². The molecule has 0 atom stereocenters. The van der Waals surface area contributed by atoms with Gasteiger partial charge in [0.15, 0.2) is 0 Å². The molecule has 7 nitrogen and oxygen atoms in total. The molecular formula is C24H20F3N5O2. The third-order valence-corrected chi connectivity index (χ3v) is 5.11. The van der Waals surface area contributed by atoms with Crippen LogP contribution in [0.5, 0.6) is 0 Å². The highest BCUT2D eigenvalue weighted by Gasteiger charge is 2.34. The first-order valence-electron chi connectivity index (χ1n) is 10.2. The van der Waals surface area contributed by atoms with Crippen molar-refractivity contribution in [3.05, 3.63) is 83.4 Å². The van der Waals surface area contributed by atoms with Gasteiger partial charge >= 0.3 is 6.18 Å². The van der Waals surface area contributed by atoms with E-state index in [1.54, 1.807) is 38.2 Å². The molecule has 34 heavy (non-hydrogen) atoms. The SMILES string of the molecule is Cc1nc(CO)c(NC(=O)c2ccc(C(F)(F)F)c(-c3ccn(C)n3)c2)c(-c2ccccc2)n1. The molecule has 0 aliphatic rings. The summed E-state index contributed by atoms with van der Waals surface area (Å²) >= 11 is 0. The van der Waals surface area contributed by atoms with E-state index >= 15 is 0 Å². The Balaban J connectivity index is 1.78. The maximum absolute atomic E-state index is 13.6. The maximum Gasteiger partial charge on any atom is 0.417 e. The van der Waals surface area contributed by atoms with Crippen LogP contribution in [0.15, 0.2) is 60.8 Å². The Bertz CT molecular complexity index is 1350. The number of aliphatic hydroxyl groups excluding tert-OH is 1.